The highest BCUT2D eigenvalue weighted by Gasteiger charge is 2.22. The minimum absolute atomic E-state index is 0.189. The summed E-state index contributed by atoms with van der Waals surface area (Å²) in [6.07, 6.45) is 15.5. The summed E-state index contributed by atoms with van der Waals surface area (Å²) < 4.78 is 0. The lowest BCUT2D eigenvalue weighted by Gasteiger charge is -2.23. The first-order valence-electron chi connectivity index (χ1n) is 14.0. The zero-order valence-electron chi connectivity index (χ0n) is 25.0. The number of nitrogens with one attached hydrogen (secondary N) is 4. The summed E-state index contributed by atoms with van der Waals surface area (Å²) in [5, 5.41) is 11.5. The lowest BCUT2D eigenvalue weighted by molar-refractivity contribution is -0.135. The predicted octanol–water partition coefficient (Wildman–Crippen LogP) is 2.08. The van der Waals surface area contributed by atoms with E-state index in [1.165, 1.54) is 16.5 Å². The van der Waals surface area contributed by atoms with Crippen LogP contribution in [-0.4, -0.2) is 96.5 Å². The fourth-order valence-electron chi connectivity index (χ4n) is 4.00. The third-order valence-electron chi connectivity index (χ3n) is 6.46. The average Bonchev–Trinajstić information content (AvgIpc) is 3.32. The van der Waals surface area contributed by atoms with Crippen LogP contribution in [0.1, 0.15) is 38.7 Å². The summed E-state index contributed by atoms with van der Waals surface area (Å²) in [7, 11) is 7.46. The predicted molar refractivity (Wildman–Crippen MR) is 163 cm³/mol. The van der Waals surface area contributed by atoms with Gasteiger partial charge >= 0.3 is 0 Å². The molecule has 2 amide bonds. The Morgan fingerprint density at radius 1 is 1.27 bits per heavy atom. The Morgan fingerprint density at radius 2 is 2.07 bits per heavy atom. The van der Waals surface area contributed by atoms with Crippen LogP contribution in [0, 0.1) is 11.8 Å². The minimum atomic E-state index is -0.566. The van der Waals surface area contributed by atoms with Crippen LogP contribution in [0.15, 0.2) is 54.0 Å². The number of likely N-dealkylation sites (N-methyl/N-ethyl adjacent to an activating group) is 2. The molecule has 41 heavy (non-hydrogen) atoms. The Morgan fingerprint density at radius 3 is 2.83 bits per heavy atom. The Balaban J connectivity index is 1.50. The molecule has 2 heterocycles. The van der Waals surface area contributed by atoms with E-state index in [1.54, 1.807) is 26.2 Å². The molecule has 1 aliphatic carbocycles. The number of amides is 2. The summed E-state index contributed by atoms with van der Waals surface area (Å²) in [6, 6.07) is -0.378. The number of nitrogens with zero attached hydrogens (tertiary/aromatic N) is 5. The van der Waals surface area contributed by atoms with Gasteiger partial charge in [0.2, 0.25) is 17.8 Å². The summed E-state index contributed by atoms with van der Waals surface area (Å²) in [6.45, 7) is 5.72. The quantitative estimate of drug-likeness (QED) is 0.163. The second kappa shape index (κ2) is 15.6. The highest BCUT2D eigenvalue weighted by molar-refractivity contribution is 5.92. The van der Waals surface area contributed by atoms with E-state index >= 15 is 0 Å². The summed E-state index contributed by atoms with van der Waals surface area (Å²) in [5.74, 6) is 7.12. The number of aromatic nitrogens is 2. The third kappa shape index (κ3) is 9.77. The largest absolute Gasteiger partial charge is 0.369 e. The molecule has 0 fully saturated rings. The number of hydrazine groups is 1. The molecule has 0 radical (unpaired) electrons. The van der Waals surface area contributed by atoms with Gasteiger partial charge in [0.15, 0.2) is 0 Å². The Hall–Kier alpha value is -4.14. The number of carbonyl (C=O) groups is 2. The number of allylic oxidation sites excluding steroid dienone is 1. The fourth-order valence-corrected chi connectivity index (χ4v) is 4.00. The van der Waals surface area contributed by atoms with E-state index in [1.807, 2.05) is 37.1 Å². The molecule has 0 saturated heterocycles. The topological polar surface area (TPSA) is 118 Å². The number of fused-ring (bicyclic) bond motifs is 1. The molecule has 0 bridgehead atoms. The van der Waals surface area contributed by atoms with Crippen LogP contribution in [0.4, 0.5) is 11.8 Å². The van der Waals surface area contributed by atoms with Crippen molar-refractivity contribution in [1.82, 2.24) is 35.5 Å². The maximum Gasteiger partial charge on any atom is 0.246 e. The summed E-state index contributed by atoms with van der Waals surface area (Å²) in [4.78, 5) is 37.3. The van der Waals surface area contributed by atoms with Gasteiger partial charge in [-0.3, -0.25) is 9.59 Å². The molecule has 2 aliphatic rings. The smallest absolute Gasteiger partial charge is 0.246 e. The Kier molecular flexibility index (Phi) is 11.9. The molecule has 11 nitrogen and oxygen atoms in total. The molecule has 1 aromatic heterocycles. The number of rotatable bonds is 13. The number of anilines is 2. The minimum Gasteiger partial charge on any atom is -0.369 e. The first kappa shape index (κ1) is 31.4. The normalized spacial score (nSPS) is 16.5. The first-order valence-corrected chi connectivity index (χ1v) is 14.0. The zero-order chi connectivity index (χ0) is 29.8. The van der Waals surface area contributed by atoms with Gasteiger partial charge in [-0.25, -0.2) is 10.4 Å². The van der Waals surface area contributed by atoms with Gasteiger partial charge in [-0.15, -0.1) is 0 Å². The molecule has 2 atom stereocenters. The summed E-state index contributed by atoms with van der Waals surface area (Å²) >= 11 is 0. The van der Waals surface area contributed by atoms with Gasteiger partial charge in [-0.1, -0.05) is 30.9 Å². The van der Waals surface area contributed by atoms with Crippen molar-refractivity contribution in [3.05, 3.63) is 59.6 Å². The second-order valence-corrected chi connectivity index (χ2v) is 10.3. The van der Waals surface area contributed by atoms with Crippen LogP contribution >= 0.6 is 0 Å². The van der Waals surface area contributed by atoms with Crippen molar-refractivity contribution in [3.63, 3.8) is 0 Å². The van der Waals surface area contributed by atoms with Gasteiger partial charge in [0.25, 0.3) is 0 Å². The van der Waals surface area contributed by atoms with Crippen LogP contribution in [-0.2, 0) is 9.59 Å². The lowest BCUT2D eigenvalue weighted by Crippen LogP contribution is -2.45. The highest BCUT2D eigenvalue weighted by atomic mass is 16.2. The van der Waals surface area contributed by atoms with Crippen molar-refractivity contribution in [3.8, 4) is 11.8 Å². The number of carbonyl (C=O) groups excluding carboxylic acids is 2. The van der Waals surface area contributed by atoms with Crippen molar-refractivity contribution in [2.24, 2.45) is 0 Å². The number of hydrogen-bond donors (Lipinski definition) is 4. The van der Waals surface area contributed by atoms with Crippen molar-refractivity contribution in [1.29, 1.82) is 0 Å². The van der Waals surface area contributed by atoms with E-state index in [2.05, 4.69) is 68.5 Å². The fraction of sp³-hybridized carbons (Fsp3) is 0.467. The molecule has 1 aromatic rings. The lowest BCUT2D eigenvalue weighted by atomic mass is 10.0. The van der Waals surface area contributed by atoms with Gasteiger partial charge in [0.1, 0.15) is 11.9 Å². The van der Waals surface area contributed by atoms with Gasteiger partial charge in [0, 0.05) is 58.1 Å². The van der Waals surface area contributed by atoms with Gasteiger partial charge in [0.05, 0.1) is 17.8 Å². The van der Waals surface area contributed by atoms with E-state index in [-0.39, 0.29) is 17.9 Å². The monoisotopic (exact) mass is 561 g/mol. The van der Waals surface area contributed by atoms with Gasteiger partial charge in [-0.2, -0.15) is 4.98 Å². The van der Waals surface area contributed by atoms with E-state index < -0.39 is 6.04 Å². The first-order chi connectivity index (χ1) is 19.7. The Bertz CT molecular complexity index is 1260. The van der Waals surface area contributed by atoms with Crippen LogP contribution in [0.2, 0.25) is 0 Å². The zero-order valence-corrected chi connectivity index (χ0v) is 25.0. The second-order valence-electron chi connectivity index (χ2n) is 10.3. The Labute approximate surface area is 243 Å². The molecule has 11 heteroatoms. The molecule has 0 spiro atoms. The standard InChI is InChI=1S/C30H43N9O2/c1-7-16-31-28-23(20-33-30(35-28)34-25-14-15-26-24(19-25)21-38(5)36-26)12-9-8-10-17-32-29(41)22(2)39(6)27(40)13-11-18-37(3)4/h11,13-15,19-22,26,36H,7-8,10,16-18H2,1-6H3,(H,32,41)(H2,31,33,34,35)/b13-11+/t22-,26?/m0/s1. The summed E-state index contributed by atoms with van der Waals surface area (Å²) in [5.41, 5.74) is 6.13. The number of unbranched alkanes of at least 4 members (excludes halogenated alkanes) is 1. The molecule has 1 unspecified atom stereocenters. The molecule has 1 aliphatic heterocycles. The van der Waals surface area contributed by atoms with E-state index in [0.29, 0.717) is 37.7 Å². The maximum atomic E-state index is 12.5. The maximum absolute atomic E-state index is 12.5. The van der Waals surface area contributed by atoms with Crippen molar-refractivity contribution in [2.45, 2.75) is 45.2 Å². The molecule has 220 valence electrons. The molecule has 0 aromatic carbocycles. The molecule has 0 saturated carbocycles. The van der Waals surface area contributed by atoms with E-state index in [9.17, 15) is 9.59 Å². The van der Waals surface area contributed by atoms with Crippen LogP contribution < -0.4 is 21.4 Å². The van der Waals surface area contributed by atoms with Crippen molar-refractivity contribution in [2.75, 3.05) is 58.5 Å². The van der Waals surface area contributed by atoms with E-state index in [4.69, 9.17) is 0 Å². The van der Waals surface area contributed by atoms with Crippen molar-refractivity contribution >= 4 is 23.6 Å². The SMILES string of the molecule is CCCNc1nc(NC2=CC3=CN(C)NC3C=C2)ncc1C#CCCCNC(=O)[C@H](C)N(C)C(=O)/C=C/CN(C)C. The molecular formula is C30H43N9O2. The highest BCUT2D eigenvalue weighted by Crippen LogP contribution is 2.22. The van der Waals surface area contributed by atoms with Crippen LogP contribution in [0.5, 0.6) is 0 Å². The van der Waals surface area contributed by atoms with Gasteiger partial charge in [-0.05, 0) is 51.6 Å². The van der Waals surface area contributed by atoms with Crippen molar-refractivity contribution < 1.29 is 9.59 Å². The van der Waals surface area contributed by atoms with Crippen LogP contribution in [0.25, 0.3) is 0 Å². The average molecular weight is 562 g/mol. The van der Waals surface area contributed by atoms with E-state index in [0.717, 1.165) is 24.2 Å². The van der Waals surface area contributed by atoms with Gasteiger partial charge < -0.3 is 30.8 Å². The molecule has 3 rings (SSSR count). The molecule has 4 N–H and O–H groups in total. The number of hydrogen-bond acceptors (Lipinski definition) is 9. The third-order valence-corrected chi connectivity index (χ3v) is 6.46. The molecular weight excluding hydrogens is 518 g/mol. The van der Waals surface area contributed by atoms with Crippen LogP contribution in [0.3, 0.4) is 0 Å².